The maximum atomic E-state index is 7.77. The molecule has 0 amide bonds. The van der Waals surface area contributed by atoms with E-state index < -0.39 is 7.94 Å². The third-order valence-electron chi connectivity index (χ3n) is 0. The fourth-order valence-corrected chi connectivity index (χ4v) is 0. The summed E-state index contributed by atoms with van der Waals surface area (Å²) in [4.78, 5) is 23.3. The van der Waals surface area contributed by atoms with Gasteiger partial charge in [-0.25, -0.2) is 0 Å². The Balaban J connectivity index is -0.0000000800. The van der Waals surface area contributed by atoms with Gasteiger partial charge in [0.15, 0.2) is 0 Å². The standard InChI is InChI=1S/CH7O3P.2Na.2H/c1-5(2,3)4;;;;/h2-5H,1H3;;;;. The van der Waals surface area contributed by atoms with Crippen LogP contribution in [0.5, 0.6) is 0 Å². The molecular formula is CH9Na2O3P. The van der Waals surface area contributed by atoms with E-state index in [1.807, 2.05) is 0 Å². The fourth-order valence-electron chi connectivity index (χ4n) is 0. The van der Waals surface area contributed by atoms with Gasteiger partial charge >= 0.3 is 88.4 Å². The first-order valence-corrected chi connectivity index (χ1v) is 3.51. The molecule has 0 aromatic carbocycles. The molecule has 0 aliphatic rings. The monoisotopic (exact) mass is 146 g/mol. The second-order valence-corrected chi connectivity index (χ2v) is 2.91. The van der Waals surface area contributed by atoms with Crippen LogP contribution in [0, 0.1) is 0 Å². The number of rotatable bonds is 0. The minimum atomic E-state index is -3.61. The van der Waals surface area contributed by atoms with Crippen molar-refractivity contribution in [2.75, 3.05) is 6.66 Å². The summed E-state index contributed by atoms with van der Waals surface area (Å²) in [6.45, 7) is 0.993. The van der Waals surface area contributed by atoms with E-state index in [0.717, 1.165) is 6.66 Å². The van der Waals surface area contributed by atoms with Gasteiger partial charge in [-0.3, -0.25) is 0 Å². The van der Waals surface area contributed by atoms with Crippen molar-refractivity contribution in [1.29, 1.82) is 0 Å². The van der Waals surface area contributed by atoms with Gasteiger partial charge in [-0.2, -0.15) is 0 Å². The van der Waals surface area contributed by atoms with E-state index in [9.17, 15) is 0 Å². The Morgan fingerprint density at radius 3 is 1.00 bits per heavy atom. The fraction of sp³-hybridized carbons (Fsp3) is 1.00. The van der Waals surface area contributed by atoms with Crippen LogP contribution in [0.1, 0.15) is 0 Å². The van der Waals surface area contributed by atoms with E-state index in [1.54, 1.807) is 0 Å². The van der Waals surface area contributed by atoms with E-state index in [4.69, 9.17) is 14.7 Å². The third kappa shape index (κ3) is 62.0. The van der Waals surface area contributed by atoms with E-state index in [0.29, 0.717) is 0 Å². The van der Waals surface area contributed by atoms with Crippen LogP contribution < -0.4 is 0 Å². The van der Waals surface area contributed by atoms with Crippen LogP contribution >= 0.6 is 7.94 Å². The molecule has 0 aliphatic heterocycles. The molecule has 0 spiro atoms. The molecule has 3 nitrogen and oxygen atoms in total. The molecule has 0 aromatic rings. The van der Waals surface area contributed by atoms with Gasteiger partial charge in [0.2, 0.25) is 0 Å². The van der Waals surface area contributed by atoms with E-state index in [-0.39, 0.29) is 59.1 Å². The van der Waals surface area contributed by atoms with Gasteiger partial charge in [0.05, 0.1) is 0 Å². The molecule has 0 atom stereocenters. The van der Waals surface area contributed by atoms with Crippen LogP contribution in [0.2, 0.25) is 0 Å². The summed E-state index contributed by atoms with van der Waals surface area (Å²) in [5.74, 6) is 0. The van der Waals surface area contributed by atoms with Gasteiger partial charge in [-0.15, -0.1) is 0 Å². The Kier molecular flexibility index (Phi) is 14.8. The van der Waals surface area contributed by atoms with E-state index in [2.05, 4.69) is 0 Å². The van der Waals surface area contributed by atoms with Crippen molar-refractivity contribution >= 4 is 67.1 Å². The maximum absolute atomic E-state index is 7.77. The van der Waals surface area contributed by atoms with Gasteiger partial charge in [-0.1, -0.05) is 0 Å². The van der Waals surface area contributed by atoms with Crippen molar-refractivity contribution in [3.8, 4) is 0 Å². The van der Waals surface area contributed by atoms with Crippen LogP contribution in [-0.4, -0.2) is 80.5 Å². The summed E-state index contributed by atoms with van der Waals surface area (Å²) in [7, 11) is -3.61. The molecule has 38 valence electrons. The number of hydrogen-bond donors (Lipinski definition) is 3. The van der Waals surface area contributed by atoms with Crippen LogP contribution in [0.25, 0.3) is 0 Å². The van der Waals surface area contributed by atoms with Crippen molar-refractivity contribution in [1.82, 2.24) is 0 Å². The molecule has 0 aliphatic carbocycles. The first kappa shape index (κ1) is 16.1. The van der Waals surface area contributed by atoms with Gasteiger partial charge in [0.25, 0.3) is 0 Å². The van der Waals surface area contributed by atoms with Crippen LogP contribution in [0.15, 0.2) is 0 Å². The van der Waals surface area contributed by atoms with Gasteiger partial charge in [0, 0.05) is 0 Å². The molecule has 0 heterocycles. The zero-order chi connectivity index (χ0) is 4.50. The van der Waals surface area contributed by atoms with Crippen molar-refractivity contribution in [2.45, 2.75) is 0 Å². The molecule has 0 radical (unpaired) electrons. The molecule has 0 bridgehead atoms. The molecule has 7 heavy (non-hydrogen) atoms. The SMILES string of the molecule is C[PH](O)(O)O.[NaH].[NaH]. The van der Waals surface area contributed by atoms with Gasteiger partial charge in [-0.05, 0) is 0 Å². The summed E-state index contributed by atoms with van der Waals surface area (Å²) in [5.41, 5.74) is 0. The topological polar surface area (TPSA) is 60.7 Å². The molecule has 0 fully saturated rings. The Bertz CT molecular complexity index is 28.4. The molecular weight excluding hydrogens is 137 g/mol. The van der Waals surface area contributed by atoms with Crippen molar-refractivity contribution in [3.63, 3.8) is 0 Å². The minimum absolute atomic E-state index is 0. The summed E-state index contributed by atoms with van der Waals surface area (Å²) in [6.07, 6.45) is 0. The molecule has 0 aromatic heterocycles. The van der Waals surface area contributed by atoms with Crippen LogP contribution in [0.4, 0.5) is 0 Å². The summed E-state index contributed by atoms with van der Waals surface area (Å²) < 4.78 is 0. The van der Waals surface area contributed by atoms with Crippen LogP contribution in [0.3, 0.4) is 0 Å². The predicted octanol–water partition coefficient (Wildman–Crippen LogP) is -2.21. The van der Waals surface area contributed by atoms with E-state index in [1.165, 1.54) is 0 Å². The Morgan fingerprint density at radius 1 is 1.00 bits per heavy atom. The van der Waals surface area contributed by atoms with Crippen LogP contribution in [-0.2, 0) is 0 Å². The Labute approximate surface area is 87.3 Å². The average Bonchev–Trinajstić information content (AvgIpc) is 0.722. The van der Waals surface area contributed by atoms with Crippen molar-refractivity contribution < 1.29 is 14.7 Å². The molecule has 0 saturated heterocycles. The van der Waals surface area contributed by atoms with E-state index >= 15 is 0 Å². The molecule has 0 rings (SSSR count). The summed E-state index contributed by atoms with van der Waals surface area (Å²) in [6, 6.07) is 0. The average molecular weight is 146 g/mol. The third-order valence-corrected chi connectivity index (χ3v) is 0. The van der Waals surface area contributed by atoms with Gasteiger partial charge < -0.3 is 0 Å². The predicted molar refractivity (Wildman–Crippen MR) is 35.2 cm³/mol. The van der Waals surface area contributed by atoms with Crippen molar-refractivity contribution in [2.24, 2.45) is 0 Å². The second kappa shape index (κ2) is 6.43. The number of hydrogen-bond acceptors (Lipinski definition) is 3. The normalized spacial score (nSPS) is 10.9. The molecule has 6 heteroatoms. The Morgan fingerprint density at radius 2 is 1.00 bits per heavy atom. The summed E-state index contributed by atoms with van der Waals surface area (Å²) >= 11 is 0. The quantitative estimate of drug-likeness (QED) is 0.268. The second-order valence-electron chi connectivity index (χ2n) is 0.971. The van der Waals surface area contributed by atoms with Crippen molar-refractivity contribution in [3.05, 3.63) is 0 Å². The first-order chi connectivity index (χ1) is 2.00. The molecule has 3 N–H and O–H groups in total. The summed E-state index contributed by atoms with van der Waals surface area (Å²) in [5, 5.41) is 0. The Hall–Kier alpha value is 2.31. The van der Waals surface area contributed by atoms with Gasteiger partial charge in [0.1, 0.15) is 0 Å². The molecule has 0 saturated carbocycles. The zero-order valence-electron chi connectivity index (χ0n) is 2.84. The first-order valence-electron chi connectivity index (χ1n) is 1.17. The molecule has 0 unspecified atom stereocenters. The zero-order valence-corrected chi connectivity index (χ0v) is 3.84.